The highest BCUT2D eigenvalue weighted by Gasteiger charge is 2.43. The van der Waals surface area contributed by atoms with Gasteiger partial charge in [0, 0.05) is 13.1 Å². The Morgan fingerprint density at radius 3 is 2.52 bits per heavy atom. The van der Waals surface area contributed by atoms with E-state index in [1.54, 1.807) is 0 Å². The fraction of sp³-hybridized carbons (Fsp3) is 0.667. The van der Waals surface area contributed by atoms with Crippen molar-refractivity contribution < 1.29 is 9.28 Å². The number of hydrogen-bond donors (Lipinski definition) is 1. The molecule has 1 aromatic rings. The van der Waals surface area contributed by atoms with Gasteiger partial charge in [-0.25, -0.2) is 0 Å². The molecule has 1 aromatic carbocycles. The van der Waals surface area contributed by atoms with E-state index in [-0.39, 0.29) is 6.04 Å². The number of likely N-dealkylation sites (N-methyl/N-ethyl adjacent to an activating group) is 2. The van der Waals surface area contributed by atoms with Crippen molar-refractivity contribution in [3.05, 3.63) is 35.9 Å². The van der Waals surface area contributed by atoms with Crippen LogP contribution in [0.15, 0.2) is 30.3 Å². The van der Waals surface area contributed by atoms with Gasteiger partial charge in [0.2, 0.25) is 0 Å². The highest BCUT2D eigenvalue weighted by molar-refractivity contribution is 5.78. The first-order valence-corrected chi connectivity index (χ1v) is 9.68. The summed E-state index contributed by atoms with van der Waals surface area (Å²) in [6, 6.07) is 11.3. The third kappa shape index (κ3) is 5.29. The first-order valence-electron chi connectivity index (χ1n) is 9.68. The van der Waals surface area contributed by atoms with Gasteiger partial charge in [0.1, 0.15) is 6.54 Å². The summed E-state index contributed by atoms with van der Waals surface area (Å²) in [6.07, 6.45) is 2.03. The van der Waals surface area contributed by atoms with Gasteiger partial charge in [-0.2, -0.15) is 0 Å². The van der Waals surface area contributed by atoms with E-state index in [4.69, 9.17) is 0 Å². The number of quaternary nitrogens is 1. The highest BCUT2D eigenvalue weighted by atomic mass is 16.2. The minimum atomic E-state index is 0.284. The predicted octanol–water partition coefficient (Wildman–Crippen LogP) is 2.54. The van der Waals surface area contributed by atoms with E-state index in [0.29, 0.717) is 24.4 Å². The second kappa shape index (κ2) is 8.81. The Kier molecular flexibility index (Phi) is 7.03. The normalized spacial score (nSPS) is 25.4. The summed E-state index contributed by atoms with van der Waals surface area (Å²) in [7, 11) is 4.24. The Balaban J connectivity index is 2.20. The lowest BCUT2D eigenvalue weighted by molar-refractivity contribution is -0.928. The molecule has 1 fully saturated rings. The monoisotopic (exact) mass is 346 g/mol. The third-order valence-electron chi connectivity index (χ3n) is 5.71. The number of hydrogen-bond acceptors (Lipinski definition) is 2. The standard InChI is InChI=1S/C21H36N3O/c1-17(2)11-12-23-20(13-19-9-7-6-8-10-19)15-24(5,16-21(23)25)18(3)14-22-4/h6-10,17-18,20,22H,11-16H2,1-5H3/q+1. The topological polar surface area (TPSA) is 32.3 Å². The molecule has 4 nitrogen and oxygen atoms in total. The van der Waals surface area contributed by atoms with Crippen LogP contribution in [0.2, 0.25) is 0 Å². The van der Waals surface area contributed by atoms with Gasteiger partial charge >= 0.3 is 0 Å². The number of carbonyl (C=O) groups excluding carboxylic acids is 1. The zero-order chi connectivity index (χ0) is 18.4. The van der Waals surface area contributed by atoms with E-state index >= 15 is 0 Å². The van der Waals surface area contributed by atoms with Gasteiger partial charge < -0.3 is 14.7 Å². The number of rotatable bonds is 8. The average molecular weight is 347 g/mol. The van der Waals surface area contributed by atoms with E-state index in [9.17, 15) is 4.79 Å². The molecule has 0 spiro atoms. The summed E-state index contributed by atoms with van der Waals surface area (Å²) < 4.78 is 0.829. The molecule has 25 heavy (non-hydrogen) atoms. The molecule has 1 N–H and O–H groups in total. The summed E-state index contributed by atoms with van der Waals surface area (Å²) in [6.45, 7) is 10.2. The summed E-state index contributed by atoms with van der Waals surface area (Å²) in [5, 5.41) is 3.28. The lowest BCUT2D eigenvalue weighted by Crippen LogP contribution is -2.68. The molecular weight excluding hydrogens is 310 g/mol. The van der Waals surface area contributed by atoms with Gasteiger partial charge in [-0.1, -0.05) is 44.2 Å². The van der Waals surface area contributed by atoms with Crippen molar-refractivity contribution in [1.82, 2.24) is 10.2 Å². The first kappa shape index (κ1) is 19.9. The van der Waals surface area contributed by atoms with E-state index in [2.05, 4.69) is 68.4 Å². The minimum absolute atomic E-state index is 0.284. The van der Waals surface area contributed by atoms with E-state index < -0.39 is 0 Å². The maximum atomic E-state index is 13.0. The van der Waals surface area contributed by atoms with Crippen molar-refractivity contribution in [2.24, 2.45) is 5.92 Å². The SMILES string of the molecule is CNCC(C)[N+]1(C)CC(=O)N(CCC(C)C)C(Cc2ccccc2)C1. The maximum Gasteiger partial charge on any atom is 0.278 e. The molecular formula is C21H36N3O+. The van der Waals surface area contributed by atoms with Crippen LogP contribution in [0.1, 0.15) is 32.8 Å². The number of piperazine rings is 1. The molecule has 0 aliphatic carbocycles. The molecule has 1 aliphatic rings. The van der Waals surface area contributed by atoms with Crippen LogP contribution in [0.5, 0.6) is 0 Å². The molecule has 140 valence electrons. The van der Waals surface area contributed by atoms with Gasteiger partial charge in [-0.05, 0) is 38.3 Å². The second-order valence-corrected chi connectivity index (χ2v) is 8.34. The van der Waals surface area contributed by atoms with Crippen LogP contribution in [0.3, 0.4) is 0 Å². The molecule has 1 aliphatic heterocycles. The number of nitrogens with one attached hydrogen (secondary N) is 1. The Labute approximate surface area is 153 Å². The molecule has 3 unspecified atom stereocenters. The molecule has 3 atom stereocenters. The molecule has 1 heterocycles. The van der Waals surface area contributed by atoms with Crippen molar-refractivity contribution >= 4 is 5.91 Å². The average Bonchev–Trinajstić information content (AvgIpc) is 2.55. The predicted molar refractivity (Wildman–Crippen MR) is 104 cm³/mol. The van der Waals surface area contributed by atoms with Crippen molar-refractivity contribution in [2.75, 3.05) is 40.3 Å². The first-order chi connectivity index (χ1) is 11.9. The van der Waals surface area contributed by atoms with E-state index in [0.717, 1.165) is 37.0 Å². The van der Waals surface area contributed by atoms with Crippen LogP contribution in [0.4, 0.5) is 0 Å². The molecule has 1 amide bonds. The van der Waals surface area contributed by atoms with Gasteiger partial charge in [-0.15, -0.1) is 0 Å². The second-order valence-electron chi connectivity index (χ2n) is 8.34. The Bertz CT molecular complexity index is 545. The minimum Gasteiger partial charge on any atom is -0.329 e. The summed E-state index contributed by atoms with van der Waals surface area (Å²) in [5.41, 5.74) is 1.32. The van der Waals surface area contributed by atoms with Crippen LogP contribution in [-0.2, 0) is 11.2 Å². The van der Waals surface area contributed by atoms with Crippen molar-refractivity contribution in [1.29, 1.82) is 0 Å². The van der Waals surface area contributed by atoms with Crippen LogP contribution in [0.25, 0.3) is 0 Å². The van der Waals surface area contributed by atoms with Gasteiger partial charge in [0.15, 0.2) is 6.54 Å². The number of nitrogens with zero attached hydrogens (tertiary/aromatic N) is 2. The lowest BCUT2D eigenvalue weighted by atomic mass is 9.98. The fourth-order valence-electron chi connectivity index (χ4n) is 3.87. The summed E-state index contributed by atoms with van der Waals surface area (Å²) in [4.78, 5) is 15.2. The maximum absolute atomic E-state index is 13.0. The molecule has 0 saturated carbocycles. The molecule has 0 radical (unpaired) electrons. The van der Waals surface area contributed by atoms with E-state index in [1.165, 1.54) is 5.56 Å². The summed E-state index contributed by atoms with van der Waals surface area (Å²) in [5.74, 6) is 0.939. The Hall–Kier alpha value is -1.39. The van der Waals surface area contributed by atoms with Crippen LogP contribution < -0.4 is 5.32 Å². The highest BCUT2D eigenvalue weighted by Crippen LogP contribution is 2.24. The van der Waals surface area contributed by atoms with Crippen molar-refractivity contribution in [2.45, 2.75) is 45.7 Å². The quantitative estimate of drug-likeness (QED) is 0.734. The molecule has 4 heteroatoms. The molecule has 0 aromatic heterocycles. The zero-order valence-corrected chi connectivity index (χ0v) is 16.7. The van der Waals surface area contributed by atoms with Gasteiger partial charge in [0.25, 0.3) is 5.91 Å². The molecule has 1 saturated heterocycles. The van der Waals surface area contributed by atoms with Crippen LogP contribution >= 0.6 is 0 Å². The van der Waals surface area contributed by atoms with Crippen molar-refractivity contribution in [3.8, 4) is 0 Å². The fourth-order valence-corrected chi connectivity index (χ4v) is 3.87. The number of amides is 1. The molecule has 2 rings (SSSR count). The van der Waals surface area contributed by atoms with Crippen molar-refractivity contribution in [3.63, 3.8) is 0 Å². The summed E-state index contributed by atoms with van der Waals surface area (Å²) >= 11 is 0. The van der Waals surface area contributed by atoms with Gasteiger partial charge in [0.05, 0.1) is 19.1 Å². The van der Waals surface area contributed by atoms with Crippen LogP contribution in [-0.4, -0.2) is 67.6 Å². The Morgan fingerprint density at radius 2 is 1.92 bits per heavy atom. The largest absolute Gasteiger partial charge is 0.329 e. The Morgan fingerprint density at radius 1 is 1.24 bits per heavy atom. The zero-order valence-electron chi connectivity index (χ0n) is 16.7. The van der Waals surface area contributed by atoms with Crippen LogP contribution in [0, 0.1) is 5.92 Å². The lowest BCUT2D eigenvalue weighted by Gasteiger charge is -2.49. The smallest absolute Gasteiger partial charge is 0.278 e. The third-order valence-corrected chi connectivity index (χ3v) is 5.71. The molecule has 0 bridgehead atoms. The number of carbonyl (C=O) groups is 1. The van der Waals surface area contributed by atoms with E-state index in [1.807, 2.05) is 7.05 Å². The van der Waals surface area contributed by atoms with Gasteiger partial charge in [-0.3, -0.25) is 4.79 Å². The number of benzene rings is 1.